The molecule has 0 aliphatic heterocycles. The summed E-state index contributed by atoms with van der Waals surface area (Å²) in [7, 11) is 1.47. The van der Waals surface area contributed by atoms with Crippen molar-refractivity contribution in [3.05, 3.63) is 72.1 Å². The van der Waals surface area contributed by atoms with Crippen molar-refractivity contribution < 1.29 is 14.6 Å². The normalized spacial score (nSPS) is 10.8. The highest BCUT2D eigenvalue weighted by Gasteiger charge is 2.04. The number of nitrogens with zero attached hydrogens (tertiary/aromatic N) is 2. The minimum atomic E-state index is -0.277. The standard InChI is InChI=1S/C20H19N3O3/c1-14-4-3-5-17(10-14)23-13-16(12-21-23)22-20(25)9-7-15-6-8-18(24)19(11-15)26-2/h3-13,24H,1-2H3,(H,22,25)/b9-7+. The Morgan fingerprint density at radius 3 is 2.88 bits per heavy atom. The molecule has 0 saturated carbocycles. The van der Waals surface area contributed by atoms with Crippen LogP contribution < -0.4 is 10.1 Å². The molecular weight excluding hydrogens is 330 g/mol. The number of hydrogen-bond donors (Lipinski definition) is 2. The maximum absolute atomic E-state index is 12.1. The maximum atomic E-state index is 12.1. The van der Waals surface area contributed by atoms with Crippen molar-refractivity contribution in [3.63, 3.8) is 0 Å². The van der Waals surface area contributed by atoms with E-state index >= 15 is 0 Å². The predicted molar refractivity (Wildman–Crippen MR) is 101 cm³/mol. The first-order chi connectivity index (χ1) is 12.5. The number of rotatable bonds is 5. The molecule has 0 spiro atoms. The van der Waals surface area contributed by atoms with Crippen LogP contribution in [0.15, 0.2) is 60.9 Å². The first-order valence-electron chi connectivity index (χ1n) is 8.03. The number of phenols is 1. The second-order valence-corrected chi connectivity index (χ2v) is 5.77. The van der Waals surface area contributed by atoms with Crippen LogP contribution in [-0.4, -0.2) is 27.9 Å². The molecule has 26 heavy (non-hydrogen) atoms. The molecule has 0 bridgehead atoms. The lowest BCUT2D eigenvalue weighted by molar-refractivity contribution is -0.111. The Morgan fingerprint density at radius 2 is 2.12 bits per heavy atom. The van der Waals surface area contributed by atoms with Crippen molar-refractivity contribution in [1.29, 1.82) is 0 Å². The van der Waals surface area contributed by atoms with Gasteiger partial charge in [-0.3, -0.25) is 4.79 Å². The fourth-order valence-electron chi connectivity index (χ4n) is 2.45. The van der Waals surface area contributed by atoms with E-state index in [1.807, 2.05) is 31.2 Å². The van der Waals surface area contributed by atoms with Crippen molar-refractivity contribution >= 4 is 17.7 Å². The number of nitrogens with one attached hydrogen (secondary N) is 1. The van der Waals surface area contributed by atoms with E-state index in [2.05, 4.69) is 10.4 Å². The van der Waals surface area contributed by atoms with Crippen molar-refractivity contribution in [2.45, 2.75) is 6.92 Å². The largest absolute Gasteiger partial charge is 0.504 e. The van der Waals surface area contributed by atoms with Crippen LogP contribution in [0, 0.1) is 6.92 Å². The quantitative estimate of drug-likeness (QED) is 0.691. The van der Waals surface area contributed by atoms with E-state index in [4.69, 9.17) is 4.74 Å². The molecule has 132 valence electrons. The van der Waals surface area contributed by atoms with Gasteiger partial charge in [-0.15, -0.1) is 0 Å². The number of phenolic OH excluding ortho intramolecular Hbond substituents is 1. The van der Waals surface area contributed by atoms with E-state index in [1.165, 1.54) is 19.3 Å². The number of ether oxygens (including phenoxy) is 1. The highest BCUT2D eigenvalue weighted by Crippen LogP contribution is 2.26. The molecule has 0 aliphatic carbocycles. The van der Waals surface area contributed by atoms with Gasteiger partial charge in [-0.1, -0.05) is 18.2 Å². The molecule has 0 fully saturated rings. The van der Waals surface area contributed by atoms with Gasteiger partial charge in [0.2, 0.25) is 5.91 Å². The summed E-state index contributed by atoms with van der Waals surface area (Å²) in [6.45, 7) is 2.01. The number of aryl methyl sites for hydroxylation is 1. The second kappa shape index (κ2) is 7.57. The molecule has 6 nitrogen and oxygen atoms in total. The number of carbonyl (C=O) groups is 1. The number of amides is 1. The molecule has 1 amide bonds. The van der Waals surface area contributed by atoms with Gasteiger partial charge >= 0.3 is 0 Å². The van der Waals surface area contributed by atoms with Crippen molar-refractivity contribution in [1.82, 2.24) is 9.78 Å². The summed E-state index contributed by atoms with van der Waals surface area (Å²) < 4.78 is 6.75. The zero-order chi connectivity index (χ0) is 18.5. The van der Waals surface area contributed by atoms with Crippen LogP contribution >= 0.6 is 0 Å². The van der Waals surface area contributed by atoms with Crippen LogP contribution in [0.4, 0.5) is 5.69 Å². The number of anilines is 1. The zero-order valence-corrected chi connectivity index (χ0v) is 14.5. The maximum Gasteiger partial charge on any atom is 0.248 e. The number of carbonyl (C=O) groups excluding carboxylic acids is 1. The third kappa shape index (κ3) is 4.10. The minimum absolute atomic E-state index is 0.0534. The Labute approximate surface area is 151 Å². The Morgan fingerprint density at radius 1 is 1.27 bits per heavy atom. The van der Waals surface area contributed by atoms with Crippen LogP contribution in [-0.2, 0) is 4.79 Å². The fourth-order valence-corrected chi connectivity index (χ4v) is 2.45. The molecule has 6 heteroatoms. The fraction of sp³-hybridized carbons (Fsp3) is 0.100. The van der Waals surface area contributed by atoms with Gasteiger partial charge in [-0.05, 0) is 48.4 Å². The van der Waals surface area contributed by atoms with Crippen LogP contribution in [0.3, 0.4) is 0 Å². The van der Waals surface area contributed by atoms with Gasteiger partial charge in [0.1, 0.15) is 0 Å². The van der Waals surface area contributed by atoms with Gasteiger partial charge < -0.3 is 15.2 Å². The number of aromatic hydroxyl groups is 1. The van der Waals surface area contributed by atoms with Crippen molar-refractivity contribution in [3.8, 4) is 17.2 Å². The Hall–Kier alpha value is -3.54. The zero-order valence-electron chi connectivity index (χ0n) is 14.5. The Kier molecular flexibility index (Phi) is 5.03. The number of hydrogen-bond acceptors (Lipinski definition) is 4. The van der Waals surface area contributed by atoms with Gasteiger partial charge in [0.05, 0.1) is 30.9 Å². The average molecular weight is 349 g/mol. The highest BCUT2D eigenvalue weighted by atomic mass is 16.5. The number of methoxy groups -OCH3 is 1. The van der Waals surface area contributed by atoms with E-state index < -0.39 is 0 Å². The molecule has 0 atom stereocenters. The van der Waals surface area contributed by atoms with Crippen LogP contribution in [0.25, 0.3) is 11.8 Å². The summed E-state index contributed by atoms with van der Waals surface area (Å²) in [5.41, 5.74) is 3.41. The minimum Gasteiger partial charge on any atom is -0.504 e. The summed E-state index contributed by atoms with van der Waals surface area (Å²) in [6.07, 6.45) is 6.40. The van der Waals surface area contributed by atoms with E-state index in [-0.39, 0.29) is 11.7 Å². The number of benzene rings is 2. The Balaban J connectivity index is 1.67. The summed E-state index contributed by atoms with van der Waals surface area (Å²) in [5, 5.41) is 16.6. The van der Waals surface area contributed by atoms with Gasteiger partial charge in [-0.25, -0.2) is 4.68 Å². The summed E-state index contributed by atoms with van der Waals surface area (Å²) in [6, 6.07) is 12.8. The van der Waals surface area contributed by atoms with Gasteiger partial charge in [0.15, 0.2) is 11.5 Å². The number of aromatic nitrogens is 2. The van der Waals surface area contributed by atoms with Crippen LogP contribution in [0.2, 0.25) is 0 Å². The lowest BCUT2D eigenvalue weighted by Gasteiger charge is -2.03. The first kappa shape index (κ1) is 17.3. The molecular formula is C20H19N3O3. The third-order valence-electron chi connectivity index (χ3n) is 3.75. The summed E-state index contributed by atoms with van der Waals surface area (Å²) in [4.78, 5) is 12.1. The monoisotopic (exact) mass is 349 g/mol. The lowest BCUT2D eigenvalue weighted by Crippen LogP contribution is -2.06. The highest BCUT2D eigenvalue weighted by molar-refractivity contribution is 6.01. The summed E-state index contributed by atoms with van der Waals surface area (Å²) in [5.74, 6) is 0.130. The van der Waals surface area contributed by atoms with Crippen molar-refractivity contribution in [2.24, 2.45) is 0 Å². The smallest absolute Gasteiger partial charge is 0.248 e. The second-order valence-electron chi connectivity index (χ2n) is 5.77. The molecule has 2 N–H and O–H groups in total. The molecule has 0 aliphatic rings. The molecule has 1 heterocycles. The average Bonchev–Trinajstić information content (AvgIpc) is 3.09. The first-order valence-corrected chi connectivity index (χ1v) is 8.03. The summed E-state index contributed by atoms with van der Waals surface area (Å²) >= 11 is 0. The van der Waals surface area contributed by atoms with Crippen molar-refractivity contribution in [2.75, 3.05) is 12.4 Å². The molecule has 1 aromatic heterocycles. The van der Waals surface area contributed by atoms with E-state index in [0.717, 1.165) is 16.8 Å². The van der Waals surface area contributed by atoms with Gasteiger partial charge in [0, 0.05) is 6.08 Å². The van der Waals surface area contributed by atoms with Gasteiger partial charge in [0.25, 0.3) is 0 Å². The van der Waals surface area contributed by atoms with Gasteiger partial charge in [-0.2, -0.15) is 5.10 Å². The van der Waals surface area contributed by atoms with E-state index in [0.29, 0.717) is 11.4 Å². The van der Waals surface area contributed by atoms with Crippen LogP contribution in [0.1, 0.15) is 11.1 Å². The third-order valence-corrected chi connectivity index (χ3v) is 3.75. The molecule has 0 unspecified atom stereocenters. The Bertz CT molecular complexity index is 960. The van der Waals surface area contributed by atoms with E-state index in [9.17, 15) is 9.90 Å². The molecule has 3 aromatic rings. The molecule has 0 radical (unpaired) electrons. The van der Waals surface area contributed by atoms with Crippen LogP contribution in [0.5, 0.6) is 11.5 Å². The molecule has 0 saturated heterocycles. The topological polar surface area (TPSA) is 76.4 Å². The van der Waals surface area contributed by atoms with E-state index in [1.54, 1.807) is 35.3 Å². The SMILES string of the molecule is COc1cc(/C=C/C(=O)Nc2cnn(-c3cccc(C)c3)c2)ccc1O. The molecule has 3 rings (SSSR count). The lowest BCUT2D eigenvalue weighted by atomic mass is 10.2. The predicted octanol–water partition coefficient (Wildman–Crippen LogP) is 3.55. The molecule has 2 aromatic carbocycles.